The number of hydrogen-bond acceptors (Lipinski definition) is 4. The quantitative estimate of drug-likeness (QED) is 0.851. The fourth-order valence-electron chi connectivity index (χ4n) is 2.41. The fraction of sp³-hybridized carbons (Fsp3) is 0.200. The zero-order chi connectivity index (χ0) is 15.8. The second-order valence-electron chi connectivity index (χ2n) is 5.05. The SMILES string of the molecule is Cc1ccccc1N(C)c1cc(N)cc(S(N)(=O)=O)c1C. The van der Waals surface area contributed by atoms with Crippen LogP contribution in [0.1, 0.15) is 11.1 Å². The molecular formula is C15H19N3O2S. The van der Waals surface area contributed by atoms with Crippen LogP contribution in [0, 0.1) is 13.8 Å². The van der Waals surface area contributed by atoms with E-state index >= 15 is 0 Å². The third-order valence-electron chi connectivity index (χ3n) is 3.50. The second kappa shape index (κ2) is 5.38. The summed E-state index contributed by atoms with van der Waals surface area (Å²) in [5, 5.41) is 5.26. The summed E-state index contributed by atoms with van der Waals surface area (Å²) in [5.41, 5.74) is 9.55. The first-order valence-electron chi connectivity index (χ1n) is 6.44. The van der Waals surface area contributed by atoms with Gasteiger partial charge in [-0.2, -0.15) is 0 Å². The summed E-state index contributed by atoms with van der Waals surface area (Å²) in [6, 6.07) is 11.0. The van der Waals surface area contributed by atoms with Crippen LogP contribution in [0.3, 0.4) is 0 Å². The van der Waals surface area contributed by atoms with Crippen molar-refractivity contribution in [3.8, 4) is 0 Å². The summed E-state index contributed by atoms with van der Waals surface area (Å²) in [6.45, 7) is 3.72. The number of benzene rings is 2. The van der Waals surface area contributed by atoms with Crippen LogP contribution < -0.4 is 15.8 Å². The minimum absolute atomic E-state index is 0.0536. The Kier molecular flexibility index (Phi) is 3.93. The molecule has 0 unspecified atom stereocenters. The van der Waals surface area contributed by atoms with Crippen molar-refractivity contribution in [2.24, 2.45) is 5.14 Å². The van der Waals surface area contributed by atoms with E-state index in [4.69, 9.17) is 10.9 Å². The van der Waals surface area contributed by atoms with E-state index in [0.717, 1.165) is 11.3 Å². The third-order valence-corrected chi connectivity index (χ3v) is 4.54. The molecule has 0 amide bonds. The minimum atomic E-state index is -3.81. The Bertz CT molecular complexity index is 786. The lowest BCUT2D eigenvalue weighted by Crippen LogP contribution is -2.18. The Hall–Kier alpha value is -2.05. The van der Waals surface area contributed by atoms with Gasteiger partial charge in [-0.05, 0) is 43.2 Å². The van der Waals surface area contributed by atoms with Crippen LogP contribution in [0.5, 0.6) is 0 Å². The minimum Gasteiger partial charge on any atom is -0.399 e. The molecule has 112 valence electrons. The van der Waals surface area contributed by atoms with Crippen molar-refractivity contribution in [1.29, 1.82) is 0 Å². The van der Waals surface area contributed by atoms with Crippen molar-refractivity contribution in [3.05, 3.63) is 47.5 Å². The number of rotatable bonds is 3. The van der Waals surface area contributed by atoms with Crippen molar-refractivity contribution in [2.75, 3.05) is 17.7 Å². The molecule has 0 radical (unpaired) electrons. The van der Waals surface area contributed by atoms with Gasteiger partial charge in [-0.15, -0.1) is 0 Å². The number of nitrogen functional groups attached to an aromatic ring is 1. The fourth-order valence-corrected chi connectivity index (χ4v) is 3.24. The van der Waals surface area contributed by atoms with Crippen LogP contribution in [0.15, 0.2) is 41.3 Å². The van der Waals surface area contributed by atoms with Crippen LogP contribution in [0.4, 0.5) is 17.1 Å². The van der Waals surface area contributed by atoms with Crippen LogP contribution in [-0.2, 0) is 10.0 Å². The number of primary sulfonamides is 1. The Balaban J connectivity index is 2.65. The van der Waals surface area contributed by atoms with Crippen molar-refractivity contribution < 1.29 is 8.42 Å². The molecule has 0 spiro atoms. The highest BCUT2D eigenvalue weighted by Gasteiger charge is 2.18. The molecule has 0 saturated heterocycles. The predicted octanol–water partition coefficient (Wildman–Crippen LogP) is 2.30. The summed E-state index contributed by atoms with van der Waals surface area (Å²) in [6.07, 6.45) is 0. The molecule has 0 aliphatic carbocycles. The second-order valence-corrected chi connectivity index (χ2v) is 6.58. The highest BCUT2D eigenvalue weighted by atomic mass is 32.2. The highest BCUT2D eigenvalue weighted by Crippen LogP contribution is 2.33. The summed E-state index contributed by atoms with van der Waals surface area (Å²) in [5.74, 6) is 0. The summed E-state index contributed by atoms with van der Waals surface area (Å²) in [7, 11) is -1.94. The average Bonchev–Trinajstić information content (AvgIpc) is 2.39. The lowest BCUT2D eigenvalue weighted by atomic mass is 10.1. The van der Waals surface area contributed by atoms with Crippen LogP contribution in [-0.4, -0.2) is 15.5 Å². The van der Waals surface area contributed by atoms with Crippen LogP contribution in [0.25, 0.3) is 0 Å². The van der Waals surface area contributed by atoms with Gasteiger partial charge in [-0.25, -0.2) is 13.6 Å². The monoisotopic (exact) mass is 305 g/mol. The summed E-state index contributed by atoms with van der Waals surface area (Å²) >= 11 is 0. The number of nitrogens with two attached hydrogens (primary N) is 2. The topological polar surface area (TPSA) is 89.4 Å². The number of aryl methyl sites for hydroxylation is 1. The average molecular weight is 305 g/mol. The number of sulfonamides is 1. The van der Waals surface area contributed by atoms with Gasteiger partial charge >= 0.3 is 0 Å². The standard InChI is InChI=1S/C15H19N3O2S/c1-10-6-4-5-7-13(10)18(3)14-8-12(16)9-15(11(14)2)21(17,19)20/h4-9H,16H2,1-3H3,(H2,17,19,20). The molecule has 0 bridgehead atoms. The first-order valence-corrected chi connectivity index (χ1v) is 7.98. The first kappa shape index (κ1) is 15.3. The Labute approximate surface area is 125 Å². The Morgan fingerprint density at radius 3 is 2.24 bits per heavy atom. The highest BCUT2D eigenvalue weighted by molar-refractivity contribution is 7.89. The van der Waals surface area contributed by atoms with Crippen LogP contribution >= 0.6 is 0 Å². The molecule has 6 heteroatoms. The molecule has 21 heavy (non-hydrogen) atoms. The molecule has 0 aliphatic heterocycles. The zero-order valence-electron chi connectivity index (χ0n) is 12.3. The van der Waals surface area contributed by atoms with Gasteiger partial charge in [0.25, 0.3) is 0 Å². The number of para-hydroxylation sites is 1. The smallest absolute Gasteiger partial charge is 0.238 e. The number of hydrogen-bond donors (Lipinski definition) is 2. The molecule has 5 nitrogen and oxygen atoms in total. The predicted molar refractivity (Wildman–Crippen MR) is 86.2 cm³/mol. The van der Waals surface area contributed by atoms with Gasteiger partial charge in [0, 0.05) is 24.1 Å². The number of nitrogens with zero attached hydrogens (tertiary/aromatic N) is 1. The van der Waals surface area contributed by atoms with E-state index in [2.05, 4.69) is 0 Å². The zero-order valence-corrected chi connectivity index (χ0v) is 13.1. The van der Waals surface area contributed by atoms with Gasteiger partial charge in [0.05, 0.1) is 4.90 Å². The van der Waals surface area contributed by atoms with Gasteiger partial charge in [0.1, 0.15) is 0 Å². The van der Waals surface area contributed by atoms with E-state index in [9.17, 15) is 8.42 Å². The molecular weight excluding hydrogens is 286 g/mol. The van der Waals surface area contributed by atoms with Gasteiger partial charge in [-0.1, -0.05) is 18.2 Å². The maximum Gasteiger partial charge on any atom is 0.238 e. The molecule has 0 aromatic heterocycles. The summed E-state index contributed by atoms with van der Waals surface area (Å²) < 4.78 is 23.4. The molecule has 0 aliphatic rings. The Morgan fingerprint density at radius 2 is 1.67 bits per heavy atom. The normalized spacial score (nSPS) is 11.4. The van der Waals surface area contributed by atoms with E-state index in [1.807, 2.05) is 43.1 Å². The van der Waals surface area contributed by atoms with Crippen molar-refractivity contribution in [3.63, 3.8) is 0 Å². The van der Waals surface area contributed by atoms with Crippen molar-refractivity contribution in [1.82, 2.24) is 0 Å². The summed E-state index contributed by atoms with van der Waals surface area (Å²) in [4.78, 5) is 1.97. The van der Waals surface area contributed by atoms with Crippen molar-refractivity contribution >= 4 is 27.1 Å². The largest absolute Gasteiger partial charge is 0.399 e. The molecule has 0 atom stereocenters. The lowest BCUT2D eigenvalue weighted by Gasteiger charge is -2.25. The maximum absolute atomic E-state index is 11.7. The van der Waals surface area contributed by atoms with E-state index in [1.54, 1.807) is 13.0 Å². The molecule has 2 rings (SSSR count). The molecule has 0 heterocycles. The maximum atomic E-state index is 11.7. The van der Waals surface area contributed by atoms with E-state index in [1.165, 1.54) is 6.07 Å². The van der Waals surface area contributed by atoms with Crippen LogP contribution in [0.2, 0.25) is 0 Å². The van der Waals surface area contributed by atoms with E-state index < -0.39 is 10.0 Å². The number of anilines is 3. The van der Waals surface area contributed by atoms with Crippen molar-refractivity contribution in [2.45, 2.75) is 18.7 Å². The van der Waals surface area contributed by atoms with E-state index in [-0.39, 0.29) is 4.90 Å². The van der Waals surface area contributed by atoms with Gasteiger partial charge in [-0.3, -0.25) is 0 Å². The Morgan fingerprint density at radius 1 is 1.05 bits per heavy atom. The first-order chi connectivity index (χ1) is 9.71. The van der Waals surface area contributed by atoms with Gasteiger partial charge < -0.3 is 10.6 Å². The van der Waals surface area contributed by atoms with Gasteiger partial charge in [0.15, 0.2) is 0 Å². The molecule has 2 aromatic carbocycles. The molecule has 2 aromatic rings. The molecule has 0 saturated carbocycles. The lowest BCUT2D eigenvalue weighted by molar-refractivity contribution is 0.597. The van der Waals surface area contributed by atoms with Gasteiger partial charge in [0.2, 0.25) is 10.0 Å². The third kappa shape index (κ3) is 3.01. The molecule has 4 N–H and O–H groups in total. The molecule has 0 fully saturated rings. The van der Waals surface area contributed by atoms with E-state index in [0.29, 0.717) is 16.9 Å².